The van der Waals surface area contributed by atoms with Crippen LogP contribution in [0, 0.1) is 0 Å². The summed E-state index contributed by atoms with van der Waals surface area (Å²) in [5.41, 5.74) is 0. The second kappa shape index (κ2) is 4.54. The molecule has 0 aromatic carbocycles. The summed E-state index contributed by atoms with van der Waals surface area (Å²) < 4.78 is 5.33. The Balaban J connectivity index is 2.09. The third-order valence-corrected chi connectivity index (χ3v) is 2.51. The highest BCUT2D eigenvalue weighted by Gasteiger charge is 2.31. The van der Waals surface area contributed by atoms with Gasteiger partial charge in [-0.15, -0.1) is 10.2 Å². The van der Waals surface area contributed by atoms with E-state index in [9.17, 15) is 4.79 Å². The standard InChI is InChI=1S/C8H13N5O3/c1-5-4-16-6(3-14)2-13(5)8(15)7-9-11-12-10-7/h5-6,14H,2-4H2,1H3,(H,9,10,11,12). The van der Waals surface area contributed by atoms with Crippen LogP contribution in [0.5, 0.6) is 0 Å². The van der Waals surface area contributed by atoms with E-state index in [4.69, 9.17) is 9.84 Å². The van der Waals surface area contributed by atoms with E-state index in [-0.39, 0.29) is 30.5 Å². The molecule has 1 amide bonds. The van der Waals surface area contributed by atoms with E-state index in [1.165, 1.54) is 0 Å². The van der Waals surface area contributed by atoms with Gasteiger partial charge in [-0.1, -0.05) is 0 Å². The Morgan fingerprint density at radius 2 is 2.56 bits per heavy atom. The molecule has 0 bridgehead atoms. The van der Waals surface area contributed by atoms with Gasteiger partial charge < -0.3 is 14.7 Å². The molecule has 1 aliphatic rings. The summed E-state index contributed by atoms with van der Waals surface area (Å²) in [7, 11) is 0. The van der Waals surface area contributed by atoms with E-state index < -0.39 is 0 Å². The van der Waals surface area contributed by atoms with Gasteiger partial charge in [-0.3, -0.25) is 4.79 Å². The molecule has 1 aromatic rings. The van der Waals surface area contributed by atoms with Crippen LogP contribution in [-0.2, 0) is 4.74 Å². The molecule has 0 saturated carbocycles. The highest BCUT2D eigenvalue weighted by Crippen LogP contribution is 2.13. The minimum Gasteiger partial charge on any atom is -0.394 e. The number of nitrogens with one attached hydrogen (secondary N) is 1. The molecule has 2 heterocycles. The molecule has 8 heteroatoms. The third-order valence-electron chi connectivity index (χ3n) is 2.51. The van der Waals surface area contributed by atoms with Crippen LogP contribution < -0.4 is 0 Å². The lowest BCUT2D eigenvalue weighted by atomic mass is 10.2. The van der Waals surface area contributed by atoms with Gasteiger partial charge in [-0.05, 0) is 12.1 Å². The highest BCUT2D eigenvalue weighted by atomic mass is 16.5. The van der Waals surface area contributed by atoms with Crippen LogP contribution in [0.2, 0.25) is 0 Å². The number of H-pyrrole nitrogens is 1. The van der Waals surface area contributed by atoms with Gasteiger partial charge in [-0.25, -0.2) is 0 Å². The fourth-order valence-corrected chi connectivity index (χ4v) is 1.59. The molecule has 0 radical (unpaired) electrons. The molecule has 2 atom stereocenters. The number of tetrazole rings is 1. The number of aromatic nitrogens is 4. The first-order valence-corrected chi connectivity index (χ1v) is 4.99. The molecule has 16 heavy (non-hydrogen) atoms. The number of aliphatic hydroxyl groups excluding tert-OH is 1. The van der Waals surface area contributed by atoms with Crippen molar-refractivity contribution >= 4 is 5.91 Å². The largest absolute Gasteiger partial charge is 0.394 e. The lowest BCUT2D eigenvalue weighted by Crippen LogP contribution is -2.52. The number of nitrogens with zero attached hydrogens (tertiary/aromatic N) is 4. The number of carbonyl (C=O) groups is 1. The van der Waals surface area contributed by atoms with Gasteiger partial charge in [-0.2, -0.15) is 5.21 Å². The first-order chi connectivity index (χ1) is 7.72. The molecule has 88 valence electrons. The summed E-state index contributed by atoms with van der Waals surface area (Å²) >= 11 is 0. The summed E-state index contributed by atoms with van der Waals surface area (Å²) in [6.07, 6.45) is -0.341. The van der Waals surface area contributed by atoms with Crippen molar-refractivity contribution in [2.45, 2.75) is 19.1 Å². The molecular weight excluding hydrogens is 214 g/mol. The topological polar surface area (TPSA) is 104 Å². The van der Waals surface area contributed by atoms with Crippen LogP contribution in [0.25, 0.3) is 0 Å². The molecule has 0 aliphatic carbocycles. The highest BCUT2D eigenvalue weighted by molar-refractivity contribution is 5.90. The zero-order valence-corrected chi connectivity index (χ0v) is 8.83. The Bertz CT molecular complexity index is 355. The zero-order chi connectivity index (χ0) is 11.5. The van der Waals surface area contributed by atoms with Gasteiger partial charge in [0.15, 0.2) is 0 Å². The lowest BCUT2D eigenvalue weighted by Gasteiger charge is -2.36. The summed E-state index contributed by atoms with van der Waals surface area (Å²) in [5, 5.41) is 21.8. The van der Waals surface area contributed by atoms with Crippen molar-refractivity contribution in [2.75, 3.05) is 19.8 Å². The van der Waals surface area contributed by atoms with Crippen molar-refractivity contribution in [3.05, 3.63) is 5.82 Å². The van der Waals surface area contributed by atoms with Gasteiger partial charge in [0.1, 0.15) is 0 Å². The van der Waals surface area contributed by atoms with Crippen LogP contribution in [0.1, 0.15) is 17.5 Å². The Kier molecular flexibility index (Phi) is 3.11. The fraction of sp³-hybridized carbons (Fsp3) is 0.750. The van der Waals surface area contributed by atoms with E-state index >= 15 is 0 Å². The number of hydrogen-bond donors (Lipinski definition) is 2. The van der Waals surface area contributed by atoms with E-state index in [0.29, 0.717) is 13.2 Å². The van der Waals surface area contributed by atoms with E-state index in [1.807, 2.05) is 6.92 Å². The molecule has 2 N–H and O–H groups in total. The van der Waals surface area contributed by atoms with Gasteiger partial charge in [0.25, 0.3) is 11.7 Å². The normalized spacial score (nSPS) is 25.8. The second-order valence-electron chi connectivity index (χ2n) is 3.68. The van der Waals surface area contributed by atoms with Gasteiger partial charge in [0.2, 0.25) is 0 Å². The minimum atomic E-state index is -0.341. The molecule has 1 saturated heterocycles. The predicted octanol–water partition coefficient (Wildman–Crippen LogP) is -1.58. The summed E-state index contributed by atoms with van der Waals surface area (Å²) in [6, 6.07) is -0.0613. The SMILES string of the molecule is CC1COC(CO)CN1C(=O)c1nn[nH]n1. The maximum absolute atomic E-state index is 11.9. The van der Waals surface area contributed by atoms with Gasteiger partial charge in [0.05, 0.1) is 25.4 Å². The average Bonchev–Trinajstić information content (AvgIpc) is 2.82. The molecule has 8 nitrogen and oxygen atoms in total. The summed E-state index contributed by atoms with van der Waals surface area (Å²) in [4.78, 5) is 13.5. The third kappa shape index (κ3) is 2.02. The number of hydrogen-bond acceptors (Lipinski definition) is 6. The Morgan fingerprint density at radius 1 is 1.75 bits per heavy atom. The van der Waals surface area contributed by atoms with Crippen LogP contribution in [0.15, 0.2) is 0 Å². The monoisotopic (exact) mass is 227 g/mol. The second-order valence-corrected chi connectivity index (χ2v) is 3.68. The van der Waals surface area contributed by atoms with Crippen molar-refractivity contribution in [1.29, 1.82) is 0 Å². The maximum atomic E-state index is 11.9. The molecule has 1 fully saturated rings. The summed E-state index contributed by atoms with van der Waals surface area (Å²) in [5.74, 6) is -0.270. The average molecular weight is 227 g/mol. The number of carbonyl (C=O) groups excluding carboxylic acids is 1. The van der Waals surface area contributed by atoms with Crippen molar-refractivity contribution in [2.24, 2.45) is 0 Å². The van der Waals surface area contributed by atoms with Crippen LogP contribution >= 0.6 is 0 Å². The fourth-order valence-electron chi connectivity index (χ4n) is 1.59. The van der Waals surface area contributed by atoms with E-state index in [2.05, 4.69) is 20.6 Å². The maximum Gasteiger partial charge on any atom is 0.295 e. The molecule has 2 rings (SSSR count). The van der Waals surface area contributed by atoms with E-state index in [0.717, 1.165) is 0 Å². The van der Waals surface area contributed by atoms with Crippen LogP contribution in [0.4, 0.5) is 0 Å². The van der Waals surface area contributed by atoms with Crippen molar-refractivity contribution in [3.8, 4) is 0 Å². The molecular formula is C8H13N5O3. The quantitative estimate of drug-likeness (QED) is 0.632. The van der Waals surface area contributed by atoms with Gasteiger partial charge >= 0.3 is 0 Å². The Morgan fingerprint density at radius 3 is 3.19 bits per heavy atom. The zero-order valence-electron chi connectivity index (χ0n) is 8.83. The lowest BCUT2D eigenvalue weighted by molar-refractivity contribution is -0.0670. The number of aromatic amines is 1. The number of amides is 1. The molecule has 2 unspecified atom stereocenters. The first-order valence-electron chi connectivity index (χ1n) is 4.99. The molecule has 1 aliphatic heterocycles. The van der Waals surface area contributed by atoms with Crippen molar-refractivity contribution < 1.29 is 14.6 Å². The van der Waals surface area contributed by atoms with Crippen molar-refractivity contribution in [3.63, 3.8) is 0 Å². The first kappa shape index (κ1) is 11.0. The molecule has 0 spiro atoms. The Labute approximate surface area is 91.6 Å². The van der Waals surface area contributed by atoms with Crippen LogP contribution in [-0.4, -0.2) is 68.4 Å². The van der Waals surface area contributed by atoms with Crippen LogP contribution in [0.3, 0.4) is 0 Å². The number of morpholine rings is 1. The number of ether oxygens (including phenoxy) is 1. The summed E-state index contributed by atoms with van der Waals surface area (Å²) in [6.45, 7) is 2.49. The smallest absolute Gasteiger partial charge is 0.295 e. The minimum absolute atomic E-state index is 0.0328. The van der Waals surface area contributed by atoms with Gasteiger partial charge in [0, 0.05) is 6.54 Å². The predicted molar refractivity (Wildman–Crippen MR) is 51.5 cm³/mol. The Hall–Kier alpha value is -1.54. The number of aliphatic hydroxyl groups is 1. The number of rotatable bonds is 2. The van der Waals surface area contributed by atoms with Crippen molar-refractivity contribution in [1.82, 2.24) is 25.5 Å². The molecule has 1 aromatic heterocycles. The van der Waals surface area contributed by atoms with E-state index in [1.54, 1.807) is 4.90 Å².